The van der Waals surface area contributed by atoms with E-state index in [-0.39, 0.29) is 24.1 Å². The van der Waals surface area contributed by atoms with Crippen LogP contribution in [0.5, 0.6) is 0 Å². The molecule has 2 spiro atoms. The van der Waals surface area contributed by atoms with Crippen LogP contribution in [0.15, 0.2) is 22.7 Å². The number of nitrogens with zero attached hydrogens (tertiary/aromatic N) is 1. The summed E-state index contributed by atoms with van der Waals surface area (Å²) in [6.45, 7) is 2.92. The van der Waals surface area contributed by atoms with Gasteiger partial charge in [0, 0.05) is 15.9 Å². The minimum Gasteiger partial charge on any atom is -0.347 e. The number of halogens is 2. The molecule has 1 saturated heterocycles. The molecule has 2 fully saturated rings. The lowest BCUT2D eigenvalue weighted by Gasteiger charge is -2.46. The number of amides is 3. The Hall–Kier alpha value is -1.47. The number of carbonyl (C=O) groups is 2. The van der Waals surface area contributed by atoms with Crippen molar-refractivity contribution in [3.8, 4) is 0 Å². The second kappa shape index (κ2) is 6.55. The maximum Gasteiger partial charge on any atom is 0.325 e. The molecule has 2 aliphatic carbocycles. The highest BCUT2D eigenvalue weighted by molar-refractivity contribution is 9.10. The minimum atomic E-state index is -1.05. The predicted octanol–water partition coefficient (Wildman–Crippen LogP) is 4.03. The molecule has 5 nitrogen and oxygen atoms in total. The SMILES string of the molecule is CC(C)N1C(=O)NC2(C1=O)c1cc(Br)ccc1C[C@]21CC[C@@H](OCF)CC1. The maximum atomic E-state index is 13.7. The van der Waals surface area contributed by atoms with Gasteiger partial charge >= 0.3 is 6.03 Å². The number of alkyl halides is 1. The number of ether oxygens (including phenoxy) is 1. The Labute approximate surface area is 166 Å². The Kier molecular flexibility index (Phi) is 4.58. The predicted molar refractivity (Wildman–Crippen MR) is 102 cm³/mol. The first-order chi connectivity index (χ1) is 12.8. The van der Waals surface area contributed by atoms with Crippen LogP contribution in [0, 0.1) is 5.41 Å². The van der Waals surface area contributed by atoms with Crippen molar-refractivity contribution in [2.24, 2.45) is 5.41 Å². The Balaban J connectivity index is 1.82. The van der Waals surface area contributed by atoms with E-state index in [9.17, 15) is 14.0 Å². The van der Waals surface area contributed by atoms with Crippen LogP contribution >= 0.6 is 15.9 Å². The minimum absolute atomic E-state index is 0.124. The number of hydrogen-bond donors (Lipinski definition) is 1. The highest BCUT2D eigenvalue weighted by atomic mass is 79.9. The number of hydrogen-bond acceptors (Lipinski definition) is 3. The summed E-state index contributed by atoms with van der Waals surface area (Å²) in [6.07, 6.45) is 3.40. The van der Waals surface area contributed by atoms with E-state index >= 15 is 0 Å². The molecular weight excluding hydrogens is 415 g/mol. The fourth-order valence-electron chi connectivity index (χ4n) is 5.34. The molecule has 1 unspecified atom stereocenters. The molecule has 3 aliphatic rings. The molecule has 1 aromatic carbocycles. The highest BCUT2D eigenvalue weighted by Gasteiger charge is 2.68. The van der Waals surface area contributed by atoms with E-state index < -0.39 is 17.8 Å². The zero-order chi connectivity index (χ0) is 19.4. The van der Waals surface area contributed by atoms with Crippen molar-refractivity contribution in [2.45, 2.75) is 63.6 Å². The van der Waals surface area contributed by atoms with Gasteiger partial charge in [-0.05, 0) is 69.2 Å². The van der Waals surface area contributed by atoms with Gasteiger partial charge in [0.2, 0.25) is 0 Å². The topological polar surface area (TPSA) is 58.6 Å². The first-order valence-corrected chi connectivity index (χ1v) is 10.3. The number of rotatable bonds is 3. The largest absolute Gasteiger partial charge is 0.347 e. The van der Waals surface area contributed by atoms with E-state index in [0.717, 1.165) is 22.0 Å². The van der Waals surface area contributed by atoms with Crippen LogP contribution in [0.25, 0.3) is 0 Å². The van der Waals surface area contributed by atoms with E-state index in [4.69, 9.17) is 4.74 Å². The first kappa shape index (κ1) is 18.9. The van der Waals surface area contributed by atoms with Gasteiger partial charge in [-0.2, -0.15) is 0 Å². The summed E-state index contributed by atoms with van der Waals surface area (Å²) >= 11 is 3.52. The molecule has 7 heteroatoms. The third-order valence-corrected chi connectivity index (χ3v) is 7.05. The van der Waals surface area contributed by atoms with Gasteiger partial charge in [0.15, 0.2) is 12.4 Å². The fraction of sp³-hybridized carbons (Fsp3) is 0.600. The van der Waals surface area contributed by atoms with Crippen LogP contribution in [0.4, 0.5) is 9.18 Å². The molecule has 0 radical (unpaired) electrons. The van der Waals surface area contributed by atoms with Gasteiger partial charge in [-0.1, -0.05) is 22.0 Å². The summed E-state index contributed by atoms with van der Waals surface area (Å²) in [5.41, 5.74) is 0.544. The monoisotopic (exact) mass is 438 g/mol. The van der Waals surface area contributed by atoms with Gasteiger partial charge in [0.05, 0.1) is 6.10 Å². The smallest absolute Gasteiger partial charge is 0.325 e. The van der Waals surface area contributed by atoms with Crippen LogP contribution in [0.1, 0.15) is 50.7 Å². The van der Waals surface area contributed by atoms with Crippen molar-refractivity contribution in [2.75, 3.05) is 6.86 Å². The summed E-state index contributed by atoms with van der Waals surface area (Å²) in [5.74, 6) is -0.163. The summed E-state index contributed by atoms with van der Waals surface area (Å²) in [7, 11) is 0. The van der Waals surface area contributed by atoms with Gasteiger partial charge < -0.3 is 10.1 Å². The Morgan fingerprint density at radius 1 is 1.33 bits per heavy atom. The summed E-state index contributed by atoms with van der Waals surface area (Å²) < 4.78 is 18.7. The van der Waals surface area contributed by atoms with E-state index in [1.165, 1.54) is 4.90 Å². The molecule has 1 atom stereocenters. The van der Waals surface area contributed by atoms with Gasteiger partial charge in [-0.15, -0.1) is 0 Å². The molecule has 1 saturated carbocycles. The number of nitrogens with one attached hydrogen (secondary N) is 1. The van der Waals surface area contributed by atoms with E-state index in [1.807, 2.05) is 32.0 Å². The Morgan fingerprint density at radius 3 is 2.63 bits per heavy atom. The molecular formula is C20H24BrFN2O3. The Morgan fingerprint density at radius 2 is 2.04 bits per heavy atom. The molecule has 1 aliphatic heterocycles. The molecule has 0 aromatic heterocycles. The van der Waals surface area contributed by atoms with Crippen molar-refractivity contribution in [3.63, 3.8) is 0 Å². The lowest BCUT2D eigenvalue weighted by atomic mass is 9.61. The summed E-state index contributed by atoms with van der Waals surface area (Å²) in [4.78, 5) is 27.8. The van der Waals surface area contributed by atoms with E-state index in [2.05, 4.69) is 21.2 Å². The van der Waals surface area contributed by atoms with Gasteiger partial charge in [0.25, 0.3) is 5.91 Å². The number of carbonyl (C=O) groups excluding carboxylic acids is 2. The van der Waals surface area contributed by atoms with Crippen molar-refractivity contribution in [1.29, 1.82) is 0 Å². The maximum absolute atomic E-state index is 13.7. The van der Waals surface area contributed by atoms with Crippen molar-refractivity contribution in [3.05, 3.63) is 33.8 Å². The molecule has 3 amide bonds. The van der Waals surface area contributed by atoms with Crippen molar-refractivity contribution < 1.29 is 18.7 Å². The van der Waals surface area contributed by atoms with Gasteiger partial charge in [0.1, 0.15) is 0 Å². The molecule has 0 bridgehead atoms. The first-order valence-electron chi connectivity index (χ1n) is 9.47. The van der Waals surface area contributed by atoms with Crippen LogP contribution in [0.2, 0.25) is 0 Å². The number of benzene rings is 1. The zero-order valence-electron chi connectivity index (χ0n) is 15.6. The molecule has 1 heterocycles. The lowest BCUT2D eigenvalue weighted by molar-refractivity contribution is -0.140. The average Bonchev–Trinajstić information content (AvgIpc) is 3.04. The van der Waals surface area contributed by atoms with Crippen LogP contribution in [0.3, 0.4) is 0 Å². The third kappa shape index (κ3) is 2.58. The normalized spacial score (nSPS) is 32.6. The van der Waals surface area contributed by atoms with E-state index in [0.29, 0.717) is 25.7 Å². The molecule has 27 heavy (non-hydrogen) atoms. The zero-order valence-corrected chi connectivity index (χ0v) is 17.1. The van der Waals surface area contributed by atoms with Crippen molar-refractivity contribution in [1.82, 2.24) is 10.2 Å². The fourth-order valence-corrected chi connectivity index (χ4v) is 5.71. The Bertz CT molecular complexity index is 791. The number of fused-ring (bicyclic) bond motifs is 3. The van der Waals surface area contributed by atoms with Crippen LogP contribution in [-0.4, -0.2) is 35.8 Å². The summed E-state index contributed by atoms with van der Waals surface area (Å²) in [5, 5.41) is 3.10. The van der Waals surface area contributed by atoms with E-state index in [1.54, 1.807) is 0 Å². The van der Waals surface area contributed by atoms with Crippen molar-refractivity contribution >= 4 is 27.9 Å². The molecule has 4 rings (SSSR count). The standard InChI is InChI=1S/C20H24BrFN2O3/c1-12(2)24-17(25)20(23-18(24)26)16-9-14(21)4-3-13(16)10-19(20)7-5-15(6-8-19)27-11-22/h3-4,9,12,15H,5-8,10-11H2,1-2H3,(H,23,26)/t15-,19-,20?. The van der Waals surface area contributed by atoms with Crippen LogP contribution < -0.4 is 5.32 Å². The lowest BCUT2D eigenvalue weighted by Crippen LogP contribution is -2.57. The van der Waals surface area contributed by atoms with Crippen LogP contribution in [-0.2, 0) is 21.5 Å². The summed E-state index contributed by atoms with van der Waals surface area (Å²) in [6, 6.07) is 5.44. The number of urea groups is 1. The second-order valence-corrected chi connectivity index (χ2v) is 9.10. The molecule has 146 valence electrons. The average molecular weight is 439 g/mol. The quantitative estimate of drug-likeness (QED) is 0.724. The number of imide groups is 1. The third-order valence-electron chi connectivity index (χ3n) is 6.56. The molecule has 1 aromatic rings. The molecule has 1 N–H and O–H groups in total. The highest BCUT2D eigenvalue weighted by Crippen LogP contribution is 2.60. The second-order valence-electron chi connectivity index (χ2n) is 8.18. The van der Waals surface area contributed by atoms with Gasteiger partial charge in [-0.25, -0.2) is 9.18 Å². The van der Waals surface area contributed by atoms with Gasteiger partial charge in [-0.3, -0.25) is 9.69 Å².